The van der Waals surface area contributed by atoms with E-state index in [-0.39, 0.29) is 11.9 Å². The molecule has 8 heteroatoms. The Morgan fingerprint density at radius 3 is 2.68 bits per heavy atom. The van der Waals surface area contributed by atoms with Crippen molar-refractivity contribution in [3.05, 3.63) is 70.4 Å². The fraction of sp³-hybridized carbons (Fsp3) is 0.391. The number of anilines is 1. The largest absolute Gasteiger partial charge is 0.347 e. The van der Waals surface area contributed by atoms with Gasteiger partial charge >= 0.3 is 0 Å². The number of aromatic nitrogens is 3. The van der Waals surface area contributed by atoms with Gasteiger partial charge in [0.15, 0.2) is 0 Å². The lowest BCUT2D eigenvalue weighted by molar-refractivity contribution is 0.0877. The number of amides is 1. The number of hydrogen-bond acceptors (Lipinski definition) is 7. The van der Waals surface area contributed by atoms with E-state index in [1.54, 1.807) is 11.3 Å². The maximum Gasteiger partial charge on any atom is 0.251 e. The lowest BCUT2D eigenvalue weighted by Crippen LogP contribution is -2.42. The summed E-state index contributed by atoms with van der Waals surface area (Å²) < 4.78 is 0. The minimum absolute atomic E-state index is 0.0504. The molecule has 0 aliphatic carbocycles. The van der Waals surface area contributed by atoms with Crippen molar-refractivity contribution in [2.24, 2.45) is 5.92 Å². The summed E-state index contributed by atoms with van der Waals surface area (Å²) in [6, 6.07) is 9.29. The molecule has 2 atom stereocenters. The van der Waals surface area contributed by atoms with Crippen molar-refractivity contribution in [3.63, 3.8) is 0 Å². The fourth-order valence-corrected chi connectivity index (χ4v) is 4.79. The molecule has 0 radical (unpaired) electrons. The molecule has 1 amide bonds. The molecule has 2 aromatic heterocycles. The van der Waals surface area contributed by atoms with Crippen molar-refractivity contribution in [2.75, 3.05) is 32.1 Å². The van der Waals surface area contributed by atoms with Crippen LogP contribution in [0, 0.1) is 5.92 Å². The quantitative estimate of drug-likeness (QED) is 0.612. The number of carbonyl (C=O) groups excluding carboxylic acids is 1. The molecule has 2 unspecified atom stereocenters. The SMILES string of the molecule is CN(C)c1ncc(CN2CCCC(C(NC(=O)c3ccccc3)c3nccs3)C2)cn1. The zero-order valence-electron chi connectivity index (χ0n) is 17.9. The first kappa shape index (κ1) is 21.4. The van der Waals surface area contributed by atoms with E-state index >= 15 is 0 Å². The molecule has 3 heterocycles. The van der Waals surface area contributed by atoms with Crippen molar-refractivity contribution >= 4 is 23.2 Å². The van der Waals surface area contributed by atoms with E-state index in [0.29, 0.717) is 17.4 Å². The number of benzene rings is 1. The molecule has 0 bridgehead atoms. The Kier molecular flexibility index (Phi) is 6.89. The molecule has 1 saturated heterocycles. The van der Waals surface area contributed by atoms with E-state index in [0.717, 1.165) is 43.0 Å². The highest BCUT2D eigenvalue weighted by molar-refractivity contribution is 7.09. The molecule has 4 rings (SSSR count). The van der Waals surface area contributed by atoms with Crippen LogP contribution in [0.4, 0.5) is 5.95 Å². The second kappa shape index (κ2) is 9.98. The summed E-state index contributed by atoms with van der Waals surface area (Å²) in [7, 11) is 3.87. The minimum atomic E-state index is -0.0946. The fourth-order valence-electron chi connectivity index (χ4n) is 4.01. The van der Waals surface area contributed by atoms with Gasteiger partial charge in [-0.05, 0) is 37.4 Å². The van der Waals surface area contributed by atoms with Gasteiger partial charge in [0.2, 0.25) is 5.95 Å². The Bertz CT molecular complexity index is 962. The van der Waals surface area contributed by atoms with Gasteiger partial charge in [-0.2, -0.15) is 0 Å². The van der Waals surface area contributed by atoms with Crippen LogP contribution in [0.15, 0.2) is 54.3 Å². The number of nitrogens with one attached hydrogen (secondary N) is 1. The van der Waals surface area contributed by atoms with Crippen LogP contribution >= 0.6 is 11.3 Å². The number of likely N-dealkylation sites (tertiary alicyclic amines) is 1. The highest BCUT2D eigenvalue weighted by Gasteiger charge is 2.31. The standard InChI is InChI=1S/C23H28N6OS/c1-28(2)23-25-13-17(14-26-23)15-29-11-6-9-19(16-29)20(22-24-10-12-31-22)27-21(30)18-7-4-3-5-8-18/h3-5,7-8,10,12-14,19-20H,6,9,11,15-16H2,1-2H3,(H,27,30). The van der Waals surface area contributed by atoms with Crippen molar-refractivity contribution < 1.29 is 4.79 Å². The van der Waals surface area contributed by atoms with E-state index in [9.17, 15) is 4.79 Å². The zero-order chi connectivity index (χ0) is 21.6. The van der Waals surface area contributed by atoms with E-state index < -0.39 is 0 Å². The number of thiazole rings is 1. The second-order valence-corrected chi connectivity index (χ2v) is 9.04. The second-order valence-electron chi connectivity index (χ2n) is 8.11. The van der Waals surface area contributed by atoms with Gasteiger partial charge in [-0.25, -0.2) is 15.0 Å². The maximum atomic E-state index is 12.9. The predicted octanol–water partition coefficient (Wildman–Crippen LogP) is 3.38. The summed E-state index contributed by atoms with van der Waals surface area (Å²) >= 11 is 1.60. The van der Waals surface area contributed by atoms with Gasteiger partial charge < -0.3 is 10.2 Å². The topological polar surface area (TPSA) is 74.2 Å². The van der Waals surface area contributed by atoms with E-state index in [1.807, 2.05) is 73.3 Å². The lowest BCUT2D eigenvalue weighted by atomic mass is 9.90. The molecule has 1 N–H and O–H groups in total. The molecule has 162 valence electrons. The molecule has 1 aliphatic rings. The molecule has 1 fully saturated rings. The molecule has 1 aliphatic heterocycles. The van der Waals surface area contributed by atoms with Gasteiger partial charge in [-0.15, -0.1) is 11.3 Å². The monoisotopic (exact) mass is 436 g/mol. The zero-order valence-corrected chi connectivity index (χ0v) is 18.8. The van der Waals surface area contributed by atoms with Crippen LogP contribution in [0.1, 0.15) is 39.8 Å². The molecule has 0 saturated carbocycles. The third-order valence-electron chi connectivity index (χ3n) is 5.55. The number of carbonyl (C=O) groups is 1. The average Bonchev–Trinajstić information content (AvgIpc) is 3.33. The Morgan fingerprint density at radius 2 is 2.00 bits per heavy atom. The molecule has 3 aromatic rings. The first-order valence-corrected chi connectivity index (χ1v) is 11.4. The van der Waals surface area contributed by atoms with Crippen LogP contribution in [0.5, 0.6) is 0 Å². The third-order valence-corrected chi connectivity index (χ3v) is 6.41. The van der Waals surface area contributed by atoms with Crippen molar-refractivity contribution in [1.82, 2.24) is 25.2 Å². The van der Waals surface area contributed by atoms with Crippen LogP contribution in [0.25, 0.3) is 0 Å². The predicted molar refractivity (Wildman–Crippen MR) is 123 cm³/mol. The Hall–Kier alpha value is -2.84. The Labute approximate surface area is 187 Å². The van der Waals surface area contributed by atoms with Gasteiger partial charge in [0.05, 0.1) is 6.04 Å². The summed E-state index contributed by atoms with van der Waals surface area (Å²) in [6.45, 7) is 2.74. The Morgan fingerprint density at radius 1 is 1.23 bits per heavy atom. The number of nitrogens with zero attached hydrogens (tertiary/aromatic N) is 5. The van der Waals surface area contributed by atoms with Crippen molar-refractivity contribution in [2.45, 2.75) is 25.4 Å². The van der Waals surface area contributed by atoms with Gasteiger partial charge in [-0.1, -0.05) is 18.2 Å². The average molecular weight is 437 g/mol. The highest BCUT2D eigenvalue weighted by atomic mass is 32.1. The van der Waals surface area contributed by atoms with Crippen LogP contribution in [0.3, 0.4) is 0 Å². The number of piperidine rings is 1. The minimum Gasteiger partial charge on any atom is -0.347 e. The maximum absolute atomic E-state index is 12.9. The summed E-state index contributed by atoms with van der Waals surface area (Å²) in [4.78, 5) is 30.6. The van der Waals surface area contributed by atoms with Crippen LogP contribution in [-0.2, 0) is 6.54 Å². The molecule has 0 spiro atoms. The third kappa shape index (κ3) is 5.45. The molecule has 31 heavy (non-hydrogen) atoms. The lowest BCUT2D eigenvalue weighted by Gasteiger charge is -2.36. The van der Waals surface area contributed by atoms with Crippen molar-refractivity contribution in [3.8, 4) is 0 Å². The van der Waals surface area contributed by atoms with Crippen molar-refractivity contribution in [1.29, 1.82) is 0 Å². The van der Waals surface area contributed by atoms with E-state index in [4.69, 9.17) is 0 Å². The molecular formula is C23H28N6OS. The smallest absolute Gasteiger partial charge is 0.251 e. The van der Waals surface area contributed by atoms with Gasteiger partial charge in [-0.3, -0.25) is 9.69 Å². The van der Waals surface area contributed by atoms with Gasteiger partial charge in [0, 0.05) is 62.3 Å². The van der Waals surface area contributed by atoms with E-state index in [2.05, 4.69) is 25.2 Å². The summed E-state index contributed by atoms with van der Waals surface area (Å²) in [5, 5.41) is 6.20. The van der Waals surface area contributed by atoms with Crippen LogP contribution < -0.4 is 10.2 Å². The molecular weight excluding hydrogens is 408 g/mol. The molecule has 1 aromatic carbocycles. The summed E-state index contributed by atoms with van der Waals surface area (Å²) in [5.74, 6) is 0.966. The first-order chi connectivity index (χ1) is 15.1. The Balaban J connectivity index is 1.46. The van der Waals surface area contributed by atoms with E-state index in [1.165, 1.54) is 0 Å². The molecule has 7 nitrogen and oxygen atoms in total. The summed E-state index contributed by atoms with van der Waals surface area (Å²) in [6.07, 6.45) is 7.77. The normalized spacial score (nSPS) is 17.8. The van der Waals surface area contributed by atoms with Gasteiger partial charge in [0.1, 0.15) is 5.01 Å². The van der Waals surface area contributed by atoms with Crippen LogP contribution in [-0.4, -0.2) is 52.9 Å². The van der Waals surface area contributed by atoms with Crippen LogP contribution in [0.2, 0.25) is 0 Å². The van der Waals surface area contributed by atoms with Gasteiger partial charge in [0.25, 0.3) is 5.91 Å². The number of hydrogen-bond donors (Lipinski definition) is 1. The summed E-state index contributed by atoms with van der Waals surface area (Å²) in [5.41, 5.74) is 1.78. The highest BCUT2D eigenvalue weighted by Crippen LogP contribution is 2.32. The first-order valence-electron chi connectivity index (χ1n) is 10.6. The number of rotatable bonds is 7.